The molecule has 26 heavy (non-hydrogen) atoms. The number of carbonyl (C=O) groups is 3. The van der Waals surface area contributed by atoms with Gasteiger partial charge in [0, 0.05) is 6.04 Å². The molecule has 3 amide bonds. The smallest absolute Gasteiger partial charge is 0.339 e. The van der Waals surface area contributed by atoms with Gasteiger partial charge in [0.15, 0.2) is 17.6 Å². The van der Waals surface area contributed by atoms with Crippen molar-refractivity contribution < 1.29 is 33.3 Å². The van der Waals surface area contributed by atoms with Crippen molar-refractivity contribution in [3.63, 3.8) is 0 Å². The molecule has 142 valence electrons. The Balaban J connectivity index is 2.05. The van der Waals surface area contributed by atoms with Crippen molar-refractivity contribution >= 4 is 17.9 Å². The summed E-state index contributed by atoms with van der Waals surface area (Å²) in [6.07, 6.45) is -1.17. The SMILES string of the molecule is COc1cc(C(=O)O[C@H](C)C(=O)NC(=O)NC(C)C)cc2c1OCCO2. The number of hydrogen-bond acceptors (Lipinski definition) is 7. The standard InChI is InChI=1S/C17H22N2O7/c1-9(2)18-17(22)19-15(20)10(3)26-16(21)11-7-12(23-4)14-13(8-11)24-5-6-25-14/h7-10H,5-6H2,1-4H3,(H2,18,19,20,22)/t10-/m1/s1. The number of methoxy groups -OCH3 is 1. The molecule has 0 saturated carbocycles. The topological polar surface area (TPSA) is 112 Å². The summed E-state index contributed by atoms with van der Waals surface area (Å²) in [4.78, 5) is 35.8. The number of ether oxygens (including phenoxy) is 4. The summed E-state index contributed by atoms with van der Waals surface area (Å²) in [6.45, 7) is 5.60. The number of amides is 3. The average molecular weight is 366 g/mol. The van der Waals surface area contributed by atoms with Crippen LogP contribution in [0.5, 0.6) is 17.2 Å². The van der Waals surface area contributed by atoms with Crippen LogP contribution in [-0.2, 0) is 9.53 Å². The lowest BCUT2D eigenvalue weighted by Crippen LogP contribution is -2.46. The molecule has 9 heteroatoms. The largest absolute Gasteiger partial charge is 0.493 e. The van der Waals surface area contributed by atoms with E-state index in [9.17, 15) is 14.4 Å². The van der Waals surface area contributed by atoms with E-state index in [0.29, 0.717) is 30.5 Å². The van der Waals surface area contributed by atoms with Crippen LogP contribution in [0, 0.1) is 0 Å². The molecular weight excluding hydrogens is 344 g/mol. The van der Waals surface area contributed by atoms with Gasteiger partial charge < -0.3 is 24.3 Å². The van der Waals surface area contributed by atoms with Crippen molar-refractivity contribution in [1.29, 1.82) is 0 Å². The number of nitrogens with one attached hydrogen (secondary N) is 2. The maximum atomic E-state index is 12.3. The first-order valence-electron chi connectivity index (χ1n) is 8.11. The van der Waals surface area contributed by atoms with E-state index in [1.165, 1.54) is 26.2 Å². The third kappa shape index (κ3) is 4.78. The number of fused-ring (bicyclic) bond motifs is 1. The van der Waals surface area contributed by atoms with Crippen molar-refractivity contribution in [3.8, 4) is 17.2 Å². The maximum absolute atomic E-state index is 12.3. The van der Waals surface area contributed by atoms with Gasteiger partial charge in [0.1, 0.15) is 13.2 Å². The van der Waals surface area contributed by atoms with Crippen molar-refractivity contribution in [1.82, 2.24) is 10.6 Å². The second-order valence-electron chi connectivity index (χ2n) is 5.87. The highest BCUT2D eigenvalue weighted by Gasteiger charge is 2.25. The fourth-order valence-corrected chi connectivity index (χ4v) is 2.18. The first-order chi connectivity index (χ1) is 12.3. The summed E-state index contributed by atoms with van der Waals surface area (Å²) in [7, 11) is 1.44. The van der Waals surface area contributed by atoms with Crippen LogP contribution in [0.1, 0.15) is 31.1 Å². The van der Waals surface area contributed by atoms with Crippen LogP contribution in [0.15, 0.2) is 12.1 Å². The lowest BCUT2D eigenvalue weighted by Gasteiger charge is -2.21. The summed E-state index contributed by atoms with van der Waals surface area (Å²) >= 11 is 0. The summed E-state index contributed by atoms with van der Waals surface area (Å²) < 4.78 is 21.2. The molecule has 0 bridgehead atoms. The average Bonchev–Trinajstić information content (AvgIpc) is 2.59. The summed E-state index contributed by atoms with van der Waals surface area (Å²) in [5, 5.41) is 4.61. The Labute approximate surface area is 150 Å². The van der Waals surface area contributed by atoms with Crippen LogP contribution in [0.2, 0.25) is 0 Å². The number of carbonyl (C=O) groups excluding carboxylic acids is 3. The molecular formula is C17H22N2O7. The molecule has 1 aromatic carbocycles. The van der Waals surface area contributed by atoms with Gasteiger partial charge in [0.05, 0.1) is 12.7 Å². The normalized spacial score (nSPS) is 13.6. The molecule has 0 aliphatic carbocycles. The van der Waals surface area contributed by atoms with Gasteiger partial charge in [0.25, 0.3) is 5.91 Å². The fraction of sp³-hybridized carbons (Fsp3) is 0.471. The van der Waals surface area contributed by atoms with Gasteiger partial charge in [-0.1, -0.05) is 0 Å². The molecule has 0 unspecified atom stereocenters. The van der Waals surface area contributed by atoms with E-state index in [1.54, 1.807) is 13.8 Å². The number of hydrogen-bond donors (Lipinski definition) is 2. The van der Waals surface area contributed by atoms with Crippen LogP contribution >= 0.6 is 0 Å². The maximum Gasteiger partial charge on any atom is 0.339 e. The van der Waals surface area contributed by atoms with Crippen LogP contribution in [0.4, 0.5) is 4.79 Å². The predicted molar refractivity (Wildman–Crippen MR) is 90.7 cm³/mol. The zero-order chi connectivity index (χ0) is 19.3. The Morgan fingerprint density at radius 3 is 2.46 bits per heavy atom. The van der Waals surface area contributed by atoms with Gasteiger partial charge >= 0.3 is 12.0 Å². The van der Waals surface area contributed by atoms with Crippen molar-refractivity contribution in [2.75, 3.05) is 20.3 Å². The number of esters is 1. The second kappa shape index (κ2) is 8.41. The first kappa shape index (κ1) is 19.4. The molecule has 0 spiro atoms. The van der Waals surface area contributed by atoms with Crippen LogP contribution in [0.3, 0.4) is 0 Å². The predicted octanol–water partition coefficient (Wildman–Crippen LogP) is 1.25. The molecule has 0 saturated heterocycles. The lowest BCUT2D eigenvalue weighted by molar-refractivity contribution is -0.127. The molecule has 2 rings (SSSR count). The Kier molecular flexibility index (Phi) is 6.26. The third-order valence-electron chi connectivity index (χ3n) is 3.37. The van der Waals surface area contributed by atoms with Crippen LogP contribution in [0.25, 0.3) is 0 Å². The minimum Gasteiger partial charge on any atom is -0.493 e. The molecule has 9 nitrogen and oxygen atoms in total. The molecule has 2 N–H and O–H groups in total. The van der Waals surface area contributed by atoms with Crippen molar-refractivity contribution in [2.45, 2.75) is 32.9 Å². The quantitative estimate of drug-likeness (QED) is 0.754. The van der Waals surface area contributed by atoms with Crippen LogP contribution < -0.4 is 24.8 Å². The Bertz CT molecular complexity index is 685. The first-order valence-corrected chi connectivity index (χ1v) is 8.11. The van der Waals surface area contributed by atoms with E-state index in [1.807, 2.05) is 0 Å². The van der Waals surface area contributed by atoms with E-state index in [4.69, 9.17) is 18.9 Å². The molecule has 1 aliphatic rings. The Morgan fingerprint density at radius 1 is 1.12 bits per heavy atom. The zero-order valence-electron chi connectivity index (χ0n) is 15.1. The molecule has 1 aliphatic heterocycles. The minimum atomic E-state index is -1.17. The third-order valence-corrected chi connectivity index (χ3v) is 3.37. The summed E-state index contributed by atoms with van der Waals surface area (Å²) in [5.74, 6) is -0.404. The van der Waals surface area contributed by atoms with E-state index < -0.39 is 24.0 Å². The van der Waals surface area contributed by atoms with E-state index in [2.05, 4.69) is 10.6 Å². The molecule has 0 radical (unpaired) electrons. The number of imide groups is 1. The highest BCUT2D eigenvalue weighted by atomic mass is 16.6. The Hall–Kier alpha value is -2.97. The van der Waals surface area contributed by atoms with Gasteiger partial charge in [-0.3, -0.25) is 10.1 Å². The zero-order valence-corrected chi connectivity index (χ0v) is 15.1. The van der Waals surface area contributed by atoms with E-state index in [0.717, 1.165) is 0 Å². The van der Waals surface area contributed by atoms with Gasteiger partial charge in [-0.05, 0) is 32.9 Å². The summed E-state index contributed by atoms with van der Waals surface area (Å²) in [6, 6.07) is 2.10. The highest BCUT2D eigenvalue weighted by molar-refractivity contribution is 5.98. The van der Waals surface area contributed by atoms with E-state index in [-0.39, 0.29) is 11.6 Å². The Morgan fingerprint density at radius 2 is 1.81 bits per heavy atom. The molecule has 1 aromatic rings. The van der Waals surface area contributed by atoms with Crippen LogP contribution in [-0.4, -0.2) is 50.4 Å². The number of benzene rings is 1. The molecule has 1 atom stereocenters. The van der Waals surface area contributed by atoms with E-state index >= 15 is 0 Å². The van der Waals surface area contributed by atoms with Crippen molar-refractivity contribution in [3.05, 3.63) is 17.7 Å². The van der Waals surface area contributed by atoms with Gasteiger partial charge in [0.2, 0.25) is 5.75 Å². The highest BCUT2D eigenvalue weighted by Crippen LogP contribution is 2.40. The molecule has 0 aromatic heterocycles. The second-order valence-corrected chi connectivity index (χ2v) is 5.87. The lowest BCUT2D eigenvalue weighted by atomic mass is 10.1. The van der Waals surface area contributed by atoms with Gasteiger partial charge in [-0.2, -0.15) is 0 Å². The van der Waals surface area contributed by atoms with Crippen molar-refractivity contribution in [2.24, 2.45) is 0 Å². The van der Waals surface area contributed by atoms with Gasteiger partial charge in [-0.15, -0.1) is 0 Å². The molecule has 0 fully saturated rings. The van der Waals surface area contributed by atoms with Gasteiger partial charge in [-0.25, -0.2) is 9.59 Å². The minimum absolute atomic E-state index is 0.133. The summed E-state index contributed by atoms with van der Waals surface area (Å²) in [5.41, 5.74) is 0.136. The number of urea groups is 1. The fourth-order valence-electron chi connectivity index (χ4n) is 2.18. The number of rotatable bonds is 5. The monoisotopic (exact) mass is 366 g/mol. The molecule has 1 heterocycles.